The summed E-state index contributed by atoms with van der Waals surface area (Å²) < 4.78 is 28.6. The predicted octanol–water partition coefficient (Wildman–Crippen LogP) is 0.609. The minimum Gasteiger partial charge on any atom is -0.339 e. The van der Waals surface area contributed by atoms with Gasteiger partial charge in [0.25, 0.3) is 10.0 Å². The minimum absolute atomic E-state index is 0.0467. The van der Waals surface area contributed by atoms with E-state index in [-0.39, 0.29) is 17.5 Å². The van der Waals surface area contributed by atoms with E-state index < -0.39 is 15.4 Å². The molecule has 2 aliphatic rings. The van der Waals surface area contributed by atoms with Crippen LogP contribution in [0.25, 0.3) is 0 Å². The maximum absolute atomic E-state index is 12.8. The second-order valence-corrected chi connectivity index (χ2v) is 8.27. The van der Waals surface area contributed by atoms with Gasteiger partial charge in [-0.05, 0) is 19.3 Å². The van der Waals surface area contributed by atoms with E-state index in [9.17, 15) is 13.2 Å². The van der Waals surface area contributed by atoms with Crippen LogP contribution in [0, 0.1) is 5.41 Å². The summed E-state index contributed by atoms with van der Waals surface area (Å²) in [5.41, 5.74) is -0.580. The van der Waals surface area contributed by atoms with E-state index in [0.717, 1.165) is 6.42 Å². The molecule has 1 aromatic heterocycles. The van der Waals surface area contributed by atoms with Gasteiger partial charge in [-0.15, -0.1) is 6.58 Å². The third kappa shape index (κ3) is 2.70. The van der Waals surface area contributed by atoms with E-state index in [4.69, 9.17) is 0 Å². The highest BCUT2D eigenvalue weighted by molar-refractivity contribution is 7.89. The van der Waals surface area contributed by atoms with E-state index in [2.05, 4.69) is 11.6 Å². The number of carbonyl (C=O) groups is 1. The fourth-order valence-electron chi connectivity index (χ4n) is 3.55. The number of amides is 1. The van der Waals surface area contributed by atoms with Crippen LogP contribution in [0.4, 0.5) is 0 Å². The second kappa shape index (κ2) is 5.76. The molecule has 1 atom stereocenters. The van der Waals surface area contributed by atoms with Crippen LogP contribution in [-0.2, 0) is 21.9 Å². The Hall–Kier alpha value is -1.67. The Bertz CT molecular complexity index is 727. The summed E-state index contributed by atoms with van der Waals surface area (Å²) in [6.07, 6.45) is 6.82. The Morgan fingerprint density at radius 2 is 2.17 bits per heavy atom. The van der Waals surface area contributed by atoms with Crippen molar-refractivity contribution in [3.8, 4) is 0 Å². The van der Waals surface area contributed by atoms with Crippen molar-refractivity contribution in [1.82, 2.24) is 18.8 Å². The van der Waals surface area contributed by atoms with E-state index in [1.165, 1.54) is 16.8 Å². The molecule has 2 fully saturated rings. The smallest absolute Gasteiger partial charge is 0.262 e. The van der Waals surface area contributed by atoms with E-state index in [1.807, 2.05) is 0 Å². The molecule has 3 rings (SSSR count). The summed E-state index contributed by atoms with van der Waals surface area (Å²) in [5, 5.41) is 0.0467. The molecule has 0 unspecified atom stereocenters. The summed E-state index contributed by atoms with van der Waals surface area (Å²) in [6, 6.07) is 0. The number of aryl methyl sites for hydroxylation is 1. The zero-order valence-corrected chi connectivity index (χ0v) is 14.1. The maximum Gasteiger partial charge on any atom is 0.262 e. The first kappa shape index (κ1) is 16.2. The van der Waals surface area contributed by atoms with Gasteiger partial charge in [-0.2, -0.15) is 4.31 Å². The molecule has 0 N–H and O–H groups in total. The highest BCUT2D eigenvalue weighted by atomic mass is 32.2. The lowest BCUT2D eigenvalue weighted by molar-refractivity contribution is -0.137. The molecule has 1 aromatic rings. The quantitative estimate of drug-likeness (QED) is 0.754. The Kier molecular flexibility index (Phi) is 4.05. The average Bonchev–Trinajstić information content (AvgIpc) is 3.08. The minimum atomic E-state index is -3.65. The standard InChI is InChI=1S/C15H22N4O3S/c1-3-7-18-9-6-15(14(18)20)5-4-8-19(11-15)23(21,22)13-10-17(2)12-16-13/h3,10,12H,1,4-9,11H2,2H3/t15-/m1/s1. The second-order valence-electron chi connectivity index (χ2n) is 6.39. The number of carbonyl (C=O) groups excluding carboxylic acids is 1. The first-order chi connectivity index (χ1) is 10.9. The monoisotopic (exact) mass is 338 g/mol. The fourth-order valence-corrected chi connectivity index (χ4v) is 5.08. The number of imidazole rings is 1. The van der Waals surface area contributed by atoms with Crippen LogP contribution in [0.15, 0.2) is 30.2 Å². The van der Waals surface area contributed by atoms with Gasteiger partial charge in [-0.1, -0.05) is 6.08 Å². The number of nitrogens with zero attached hydrogens (tertiary/aromatic N) is 4. The van der Waals surface area contributed by atoms with Crippen molar-refractivity contribution in [2.45, 2.75) is 24.3 Å². The third-order valence-electron chi connectivity index (χ3n) is 4.78. The maximum atomic E-state index is 12.8. The van der Waals surface area contributed by atoms with Crippen LogP contribution in [0.2, 0.25) is 0 Å². The molecule has 2 saturated heterocycles. The Labute approximate surface area is 136 Å². The molecule has 0 bridgehead atoms. The molecular formula is C15H22N4O3S. The summed E-state index contributed by atoms with van der Waals surface area (Å²) in [5.74, 6) is 0.0540. The first-order valence-corrected chi connectivity index (χ1v) is 9.21. The lowest BCUT2D eigenvalue weighted by Crippen LogP contribution is -2.49. The van der Waals surface area contributed by atoms with Crippen LogP contribution in [0.3, 0.4) is 0 Å². The van der Waals surface area contributed by atoms with Crippen LogP contribution >= 0.6 is 0 Å². The molecule has 126 valence electrons. The van der Waals surface area contributed by atoms with Crippen molar-refractivity contribution in [1.29, 1.82) is 0 Å². The molecule has 3 heterocycles. The zero-order chi connectivity index (χ0) is 16.7. The molecular weight excluding hydrogens is 316 g/mol. The molecule has 0 aromatic carbocycles. The predicted molar refractivity (Wildman–Crippen MR) is 85.0 cm³/mol. The number of hydrogen-bond acceptors (Lipinski definition) is 4. The Morgan fingerprint density at radius 1 is 1.39 bits per heavy atom. The number of likely N-dealkylation sites (tertiary alicyclic amines) is 1. The van der Waals surface area contributed by atoms with E-state index in [0.29, 0.717) is 32.5 Å². The van der Waals surface area contributed by atoms with E-state index >= 15 is 0 Å². The Balaban J connectivity index is 1.84. The van der Waals surface area contributed by atoms with Crippen molar-refractivity contribution in [2.24, 2.45) is 12.5 Å². The molecule has 1 spiro atoms. The molecule has 0 saturated carbocycles. The van der Waals surface area contributed by atoms with Crippen LogP contribution in [0.5, 0.6) is 0 Å². The van der Waals surface area contributed by atoms with Crippen molar-refractivity contribution in [3.05, 3.63) is 25.2 Å². The van der Waals surface area contributed by atoms with Crippen molar-refractivity contribution < 1.29 is 13.2 Å². The summed E-state index contributed by atoms with van der Waals surface area (Å²) in [7, 11) is -1.91. The van der Waals surface area contributed by atoms with Gasteiger partial charge in [0.15, 0.2) is 5.03 Å². The van der Waals surface area contributed by atoms with Crippen molar-refractivity contribution in [3.63, 3.8) is 0 Å². The van der Waals surface area contributed by atoms with Crippen molar-refractivity contribution >= 4 is 15.9 Å². The van der Waals surface area contributed by atoms with Gasteiger partial charge in [0.05, 0.1) is 11.7 Å². The normalized spacial score (nSPS) is 26.1. The molecule has 23 heavy (non-hydrogen) atoms. The SMILES string of the molecule is C=CCN1CC[C@@]2(CCCN(S(=O)(=O)c3cn(C)cn3)C2)C1=O. The lowest BCUT2D eigenvalue weighted by Gasteiger charge is -2.37. The topological polar surface area (TPSA) is 75.5 Å². The molecule has 0 radical (unpaired) electrons. The molecule has 0 aliphatic carbocycles. The largest absolute Gasteiger partial charge is 0.339 e. The van der Waals surface area contributed by atoms with Gasteiger partial charge in [0, 0.05) is 39.4 Å². The highest BCUT2D eigenvalue weighted by Crippen LogP contribution is 2.41. The van der Waals surface area contributed by atoms with Gasteiger partial charge in [0.1, 0.15) is 0 Å². The van der Waals surface area contributed by atoms with E-state index in [1.54, 1.807) is 22.6 Å². The third-order valence-corrected chi connectivity index (χ3v) is 6.51. The van der Waals surface area contributed by atoms with Crippen LogP contribution in [0.1, 0.15) is 19.3 Å². The molecule has 1 amide bonds. The first-order valence-electron chi connectivity index (χ1n) is 7.77. The van der Waals surface area contributed by atoms with Crippen molar-refractivity contribution in [2.75, 3.05) is 26.2 Å². The molecule has 2 aliphatic heterocycles. The lowest BCUT2D eigenvalue weighted by atomic mass is 9.79. The summed E-state index contributed by atoms with van der Waals surface area (Å²) >= 11 is 0. The zero-order valence-electron chi connectivity index (χ0n) is 13.3. The molecule has 7 nitrogen and oxygen atoms in total. The molecule has 8 heteroatoms. The van der Waals surface area contributed by atoms with Gasteiger partial charge in [-0.3, -0.25) is 4.79 Å². The van der Waals surface area contributed by atoms with Gasteiger partial charge in [0.2, 0.25) is 5.91 Å². The van der Waals surface area contributed by atoms with Gasteiger partial charge >= 0.3 is 0 Å². The fraction of sp³-hybridized carbons (Fsp3) is 0.600. The average molecular weight is 338 g/mol. The summed E-state index contributed by atoms with van der Waals surface area (Å²) in [6.45, 7) is 5.56. The Morgan fingerprint density at radius 3 is 2.83 bits per heavy atom. The van der Waals surface area contributed by atoms with Crippen LogP contribution in [-0.4, -0.2) is 59.3 Å². The van der Waals surface area contributed by atoms with Crippen LogP contribution < -0.4 is 0 Å². The number of rotatable bonds is 4. The highest BCUT2D eigenvalue weighted by Gasteiger charge is 2.50. The van der Waals surface area contributed by atoms with Gasteiger partial charge < -0.3 is 9.47 Å². The summed E-state index contributed by atoms with van der Waals surface area (Å²) in [4.78, 5) is 18.5. The number of piperidine rings is 1. The number of sulfonamides is 1. The van der Waals surface area contributed by atoms with Gasteiger partial charge in [-0.25, -0.2) is 13.4 Å². The number of aromatic nitrogens is 2. The number of hydrogen-bond donors (Lipinski definition) is 0.